The van der Waals surface area contributed by atoms with E-state index >= 15 is 0 Å². The van der Waals surface area contributed by atoms with Gasteiger partial charge in [0.15, 0.2) is 5.11 Å². The SMILES string of the molecule is CNC(=S)N(Cc1cc2cc(C)ccc2[nH]c1=O)C1CCCCC1. The molecular formula is C19H25N3OS. The van der Waals surface area contributed by atoms with E-state index in [-0.39, 0.29) is 5.56 Å². The molecule has 1 aliphatic carbocycles. The highest BCUT2D eigenvalue weighted by atomic mass is 32.1. The number of pyridine rings is 1. The summed E-state index contributed by atoms with van der Waals surface area (Å²) in [6, 6.07) is 8.52. The highest BCUT2D eigenvalue weighted by Gasteiger charge is 2.23. The second-order valence-corrected chi connectivity index (χ2v) is 7.08. The molecular weight excluding hydrogens is 318 g/mol. The fourth-order valence-corrected chi connectivity index (χ4v) is 3.79. The first-order chi connectivity index (χ1) is 11.6. The second kappa shape index (κ2) is 7.34. The molecule has 0 unspecified atom stereocenters. The van der Waals surface area contributed by atoms with Crippen LogP contribution < -0.4 is 10.9 Å². The van der Waals surface area contributed by atoms with Crippen molar-refractivity contribution in [3.05, 3.63) is 45.7 Å². The Morgan fingerprint density at radius 1 is 1.29 bits per heavy atom. The largest absolute Gasteiger partial charge is 0.366 e. The molecule has 0 atom stereocenters. The van der Waals surface area contributed by atoms with Gasteiger partial charge in [-0.3, -0.25) is 4.79 Å². The molecule has 3 rings (SSSR count). The van der Waals surface area contributed by atoms with Crippen LogP contribution in [0.15, 0.2) is 29.1 Å². The first-order valence-corrected chi connectivity index (χ1v) is 9.10. The van der Waals surface area contributed by atoms with E-state index in [4.69, 9.17) is 12.2 Å². The van der Waals surface area contributed by atoms with Crippen molar-refractivity contribution < 1.29 is 0 Å². The standard InChI is InChI=1S/C19H25N3OS/c1-13-8-9-17-14(10-13)11-15(18(23)21-17)12-22(19(24)20-2)16-6-4-3-5-7-16/h8-11,16H,3-7,12H2,1-2H3,(H,20,24)(H,21,23). The maximum atomic E-state index is 12.5. The molecule has 2 aromatic rings. The molecule has 0 amide bonds. The van der Waals surface area contributed by atoms with Crippen LogP contribution in [0.25, 0.3) is 10.9 Å². The third-order valence-electron chi connectivity index (χ3n) is 4.91. The minimum absolute atomic E-state index is 0.0222. The van der Waals surface area contributed by atoms with Gasteiger partial charge in [0.25, 0.3) is 5.56 Å². The molecule has 5 heteroatoms. The summed E-state index contributed by atoms with van der Waals surface area (Å²) >= 11 is 5.52. The normalized spacial score (nSPS) is 15.4. The molecule has 1 heterocycles. The Labute approximate surface area is 148 Å². The summed E-state index contributed by atoms with van der Waals surface area (Å²) in [5.74, 6) is 0. The first-order valence-electron chi connectivity index (χ1n) is 8.69. The number of aryl methyl sites for hydroxylation is 1. The molecule has 128 valence electrons. The van der Waals surface area contributed by atoms with E-state index in [1.807, 2.05) is 25.2 Å². The predicted molar refractivity (Wildman–Crippen MR) is 103 cm³/mol. The van der Waals surface area contributed by atoms with E-state index in [1.54, 1.807) is 0 Å². The molecule has 1 aliphatic rings. The van der Waals surface area contributed by atoms with Crippen molar-refractivity contribution in [1.29, 1.82) is 0 Å². The van der Waals surface area contributed by atoms with Crippen molar-refractivity contribution in [2.45, 2.75) is 51.6 Å². The molecule has 0 radical (unpaired) electrons. The Morgan fingerprint density at radius 3 is 2.75 bits per heavy atom. The number of rotatable bonds is 3. The summed E-state index contributed by atoms with van der Waals surface area (Å²) in [6.45, 7) is 2.62. The number of fused-ring (bicyclic) bond motifs is 1. The number of thiocarbonyl (C=S) groups is 1. The van der Waals surface area contributed by atoms with Crippen LogP contribution in [0, 0.1) is 6.92 Å². The number of aromatic amines is 1. The monoisotopic (exact) mass is 343 g/mol. The Morgan fingerprint density at radius 2 is 2.04 bits per heavy atom. The van der Waals surface area contributed by atoms with Gasteiger partial charge in [-0.15, -0.1) is 0 Å². The number of H-pyrrole nitrogens is 1. The minimum Gasteiger partial charge on any atom is -0.366 e. The summed E-state index contributed by atoms with van der Waals surface area (Å²) < 4.78 is 0. The lowest BCUT2D eigenvalue weighted by atomic mass is 9.94. The fraction of sp³-hybridized carbons (Fsp3) is 0.474. The molecule has 0 saturated heterocycles. The molecule has 1 aromatic carbocycles. The van der Waals surface area contributed by atoms with Crippen LogP contribution in [0.5, 0.6) is 0 Å². The molecule has 1 saturated carbocycles. The van der Waals surface area contributed by atoms with Crippen molar-refractivity contribution in [2.75, 3.05) is 7.05 Å². The topological polar surface area (TPSA) is 48.1 Å². The van der Waals surface area contributed by atoms with Crippen LogP contribution in [-0.2, 0) is 6.54 Å². The first kappa shape index (κ1) is 17.0. The minimum atomic E-state index is -0.0222. The quantitative estimate of drug-likeness (QED) is 0.838. The summed E-state index contributed by atoms with van der Waals surface area (Å²) in [5.41, 5.74) is 2.83. The molecule has 2 N–H and O–H groups in total. The van der Waals surface area contributed by atoms with Gasteiger partial charge in [0.2, 0.25) is 0 Å². The average molecular weight is 343 g/mol. The smallest absolute Gasteiger partial charge is 0.253 e. The average Bonchev–Trinajstić information content (AvgIpc) is 2.60. The summed E-state index contributed by atoms with van der Waals surface area (Å²) in [5, 5.41) is 4.89. The van der Waals surface area contributed by atoms with Crippen LogP contribution in [0.3, 0.4) is 0 Å². The van der Waals surface area contributed by atoms with Gasteiger partial charge < -0.3 is 15.2 Å². The summed E-state index contributed by atoms with van der Waals surface area (Å²) in [6.07, 6.45) is 6.06. The van der Waals surface area contributed by atoms with E-state index in [0.29, 0.717) is 12.6 Å². The number of nitrogens with one attached hydrogen (secondary N) is 2. The van der Waals surface area contributed by atoms with Gasteiger partial charge >= 0.3 is 0 Å². The number of nitrogens with zero attached hydrogens (tertiary/aromatic N) is 1. The van der Waals surface area contributed by atoms with Crippen LogP contribution in [0.2, 0.25) is 0 Å². The van der Waals surface area contributed by atoms with Gasteiger partial charge in [0.1, 0.15) is 0 Å². The van der Waals surface area contributed by atoms with E-state index < -0.39 is 0 Å². The highest BCUT2D eigenvalue weighted by molar-refractivity contribution is 7.80. The van der Waals surface area contributed by atoms with Crippen LogP contribution >= 0.6 is 12.2 Å². The number of hydrogen-bond donors (Lipinski definition) is 2. The zero-order valence-corrected chi connectivity index (χ0v) is 15.2. The third-order valence-corrected chi connectivity index (χ3v) is 5.35. The van der Waals surface area contributed by atoms with Gasteiger partial charge in [-0.05, 0) is 55.6 Å². The molecule has 24 heavy (non-hydrogen) atoms. The lowest BCUT2D eigenvalue weighted by Crippen LogP contribution is -2.46. The Hall–Kier alpha value is -1.88. The third kappa shape index (κ3) is 3.61. The van der Waals surface area contributed by atoms with Gasteiger partial charge in [-0.2, -0.15) is 0 Å². The van der Waals surface area contributed by atoms with Crippen molar-refractivity contribution in [2.24, 2.45) is 0 Å². The van der Waals surface area contributed by atoms with E-state index in [9.17, 15) is 4.79 Å². The molecule has 4 nitrogen and oxygen atoms in total. The van der Waals surface area contributed by atoms with Gasteiger partial charge in [-0.1, -0.05) is 30.9 Å². The van der Waals surface area contributed by atoms with E-state index in [0.717, 1.165) is 34.4 Å². The second-order valence-electron chi connectivity index (χ2n) is 6.69. The van der Waals surface area contributed by atoms with Gasteiger partial charge in [0, 0.05) is 24.2 Å². The predicted octanol–water partition coefficient (Wildman–Crippen LogP) is 3.48. The van der Waals surface area contributed by atoms with Crippen molar-refractivity contribution in [1.82, 2.24) is 15.2 Å². The number of benzene rings is 1. The lowest BCUT2D eigenvalue weighted by molar-refractivity contribution is 0.235. The van der Waals surface area contributed by atoms with Crippen LogP contribution in [-0.4, -0.2) is 28.1 Å². The Balaban J connectivity index is 1.93. The molecule has 0 bridgehead atoms. The van der Waals surface area contributed by atoms with E-state index in [1.165, 1.54) is 24.8 Å². The van der Waals surface area contributed by atoms with Crippen LogP contribution in [0.1, 0.15) is 43.2 Å². The zero-order valence-electron chi connectivity index (χ0n) is 14.4. The van der Waals surface area contributed by atoms with Gasteiger partial charge in [-0.25, -0.2) is 0 Å². The molecule has 0 spiro atoms. The maximum absolute atomic E-state index is 12.5. The molecule has 0 aliphatic heterocycles. The number of hydrogen-bond acceptors (Lipinski definition) is 2. The maximum Gasteiger partial charge on any atom is 0.253 e. The van der Waals surface area contributed by atoms with E-state index in [2.05, 4.69) is 28.2 Å². The summed E-state index contributed by atoms with van der Waals surface area (Å²) in [7, 11) is 1.85. The zero-order chi connectivity index (χ0) is 17.1. The Bertz CT molecular complexity index is 793. The van der Waals surface area contributed by atoms with Crippen LogP contribution in [0.4, 0.5) is 0 Å². The highest BCUT2D eigenvalue weighted by Crippen LogP contribution is 2.24. The molecule has 1 aromatic heterocycles. The van der Waals surface area contributed by atoms with Gasteiger partial charge in [0.05, 0.1) is 6.54 Å². The number of aromatic nitrogens is 1. The fourth-order valence-electron chi connectivity index (χ4n) is 3.58. The van der Waals surface area contributed by atoms with Crippen molar-refractivity contribution >= 4 is 28.2 Å². The Kier molecular flexibility index (Phi) is 5.19. The molecule has 1 fully saturated rings. The van der Waals surface area contributed by atoms with Crippen molar-refractivity contribution in [3.63, 3.8) is 0 Å². The summed E-state index contributed by atoms with van der Waals surface area (Å²) in [4.78, 5) is 17.7. The van der Waals surface area contributed by atoms with Crippen molar-refractivity contribution in [3.8, 4) is 0 Å². The lowest BCUT2D eigenvalue weighted by Gasteiger charge is -2.35.